The fourth-order valence-corrected chi connectivity index (χ4v) is 3.82. The molecule has 23 heavy (non-hydrogen) atoms. The number of aliphatic hydroxyl groups excluding tert-OH is 1. The average Bonchev–Trinajstić information content (AvgIpc) is 3.19. The normalized spacial score (nSPS) is 28.9. The van der Waals surface area contributed by atoms with Gasteiger partial charge in [-0.2, -0.15) is 0 Å². The highest BCUT2D eigenvalue weighted by atomic mass is 16.4. The van der Waals surface area contributed by atoms with Crippen LogP contribution in [0.15, 0.2) is 30.5 Å². The molecule has 2 aromatic rings. The molecule has 1 fully saturated rings. The highest BCUT2D eigenvalue weighted by Gasteiger charge is 2.49. The summed E-state index contributed by atoms with van der Waals surface area (Å²) in [7, 11) is 0. The fourth-order valence-electron chi connectivity index (χ4n) is 3.82. The summed E-state index contributed by atoms with van der Waals surface area (Å²) < 4.78 is 0. The van der Waals surface area contributed by atoms with Crippen LogP contribution in [-0.2, 0) is 11.0 Å². The molecule has 0 amide bonds. The van der Waals surface area contributed by atoms with Gasteiger partial charge in [-0.15, -0.1) is 0 Å². The third kappa shape index (κ3) is 1.72. The Hall–Kier alpha value is -2.11. The van der Waals surface area contributed by atoms with E-state index in [1.807, 2.05) is 24.4 Å². The Morgan fingerprint density at radius 3 is 2.74 bits per heavy atom. The van der Waals surface area contributed by atoms with Crippen molar-refractivity contribution in [3.63, 3.8) is 0 Å². The van der Waals surface area contributed by atoms with E-state index in [9.17, 15) is 10.2 Å². The molecule has 3 aliphatic rings. The summed E-state index contributed by atoms with van der Waals surface area (Å²) in [6, 6.07) is 8.09. The summed E-state index contributed by atoms with van der Waals surface area (Å²) in [5.41, 5.74) is 3.91. The minimum atomic E-state index is -1.28. The number of hydrogen-bond donors (Lipinski definition) is 4. The number of aromatic nitrogens is 1. The van der Waals surface area contributed by atoms with E-state index in [1.54, 1.807) is 6.92 Å². The zero-order chi connectivity index (χ0) is 15.8. The van der Waals surface area contributed by atoms with Gasteiger partial charge in [-0.05, 0) is 43.5 Å². The monoisotopic (exact) mass is 309 g/mol. The lowest BCUT2D eigenvalue weighted by atomic mass is 9.92. The van der Waals surface area contributed by atoms with Crippen LogP contribution in [0.5, 0.6) is 0 Å². The SMILES string of the molecule is CC1(O)c2cc(-c3cnc4c(c3)C3(CC3)CN4)ccc2NC1O. The van der Waals surface area contributed by atoms with Crippen LogP contribution in [0.25, 0.3) is 11.1 Å². The third-order valence-electron chi connectivity index (χ3n) is 5.63. The van der Waals surface area contributed by atoms with E-state index in [-0.39, 0.29) is 0 Å². The second-order valence-corrected chi connectivity index (χ2v) is 7.21. The first-order chi connectivity index (χ1) is 11.0. The summed E-state index contributed by atoms with van der Waals surface area (Å²) in [4.78, 5) is 4.58. The summed E-state index contributed by atoms with van der Waals surface area (Å²) in [5.74, 6) is 1.01. The molecule has 0 saturated heterocycles. The van der Waals surface area contributed by atoms with Crippen LogP contribution in [0.3, 0.4) is 0 Å². The number of nitrogens with zero attached hydrogens (tertiary/aromatic N) is 1. The Morgan fingerprint density at radius 1 is 1.17 bits per heavy atom. The van der Waals surface area contributed by atoms with Crippen LogP contribution < -0.4 is 10.6 Å². The van der Waals surface area contributed by atoms with Crippen LogP contribution in [0.4, 0.5) is 11.5 Å². The molecule has 1 aromatic carbocycles. The van der Waals surface area contributed by atoms with Crippen LogP contribution in [0, 0.1) is 0 Å². The van der Waals surface area contributed by atoms with Gasteiger partial charge in [0.1, 0.15) is 11.4 Å². The molecular weight excluding hydrogens is 290 g/mol. The summed E-state index contributed by atoms with van der Waals surface area (Å²) in [6.45, 7) is 2.62. The molecule has 1 spiro atoms. The van der Waals surface area contributed by atoms with Gasteiger partial charge < -0.3 is 20.8 Å². The molecule has 2 atom stereocenters. The van der Waals surface area contributed by atoms with E-state index in [0.29, 0.717) is 5.41 Å². The van der Waals surface area contributed by atoms with Crippen molar-refractivity contribution < 1.29 is 10.2 Å². The first-order valence-electron chi connectivity index (χ1n) is 8.06. The first-order valence-corrected chi connectivity index (χ1v) is 8.06. The van der Waals surface area contributed by atoms with Gasteiger partial charge in [-0.25, -0.2) is 4.98 Å². The smallest absolute Gasteiger partial charge is 0.157 e. The second kappa shape index (κ2) is 4.04. The van der Waals surface area contributed by atoms with Gasteiger partial charge in [0, 0.05) is 40.5 Å². The Kier molecular flexibility index (Phi) is 2.35. The minimum Gasteiger partial charge on any atom is -0.381 e. The number of rotatable bonds is 1. The van der Waals surface area contributed by atoms with Crippen molar-refractivity contribution in [1.82, 2.24) is 4.98 Å². The Bertz CT molecular complexity index is 827. The standard InChI is InChI=1S/C18H19N3O2/c1-17(23)12-6-10(2-3-14(12)21-16(17)22)11-7-13-15(19-8-11)20-9-18(13)4-5-18/h2-3,6-8,16,21-23H,4-5,9H2,1H3,(H,19,20). The van der Waals surface area contributed by atoms with Crippen LogP contribution in [0.2, 0.25) is 0 Å². The molecule has 0 bridgehead atoms. The molecule has 5 nitrogen and oxygen atoms in total. The van der Waals surface area contributed by atoms with Crippen molar-refractivity contribution in [2.24, 2.45) is 0 Å². The van der Waals surface area contributed by atoms with Crippen LogP contribution in [-0.4, -0.2) is 28.0 Å². The van der Waals surface area contributed by atoms with Gasteiger partial charge in [0.05, 0.1) is 0 Å². The molecular formula is C18H19N3O2. The molecule has 4 N–H and O–H groups in total. The highest BCUT2D eigenvalue weighted by molar-refractivity contribution is 5.74. The Labute approximate surface area is 134 Å². The average molecular weight is 309 g/mol. The van der Waals surface area contributed by atoms with E-state index in [1.165, 1.54) is 18.4 Å². The van der Waals surface area contributed by atoms with Gasteiger partial charge in [-0.3, -0.25) is 0 Å². The van der Waals surface area contributed by atoms with Crippen molar-refractivity contribution in [3.05, 3.63) is 41.6 Å². The lowest BCUT2D eigenvalue weighted by Crippen LogP contribution is -2.35. The molecule has 0 radical (unpaired) electrons. The molecule has 1 saturated carbocycles. The van der Waals surface area contributed by atoms with Crippen molar-refractivity contribution in [1.29, 1.82) is 0 Å². The molecule has 1 aliphatic carbocycles. The summed E-state index contributed by atoms with van der Waals surface area (Å²) in [5, 5.41) is 26.8. The van der Waals surface area contributed by atoms with Crippen LogP contribution >= 0.6 is 0 Å². The molecule has 118 valence electrons. The van der Waals surface area contributed by atoms with Gasteiger partial charge in [0.15, 0.2) is 6.23 Å². The largest absolute Gasteiger partial charge is 0.381 e. The molecule has 2 aliphatic heterocycles. The predicted molar refractivity (Wildman–Crippen MR) is 88.3 cm³/mol. The number of fused-ring (bicyclic) bond motifs is 3. The fraction of sp³-hybridized carbons (Fsp3) is 0.389. The number of anilines is 2. The van der Waals surface area contributed by atoms with Gasteiger partial charge in [-0.1, -0.05) is 6.07 Å². The predicted octanol–water partition coefficient (Wildman–Crippen LogP) is 2.16. The first kappa shape index (κ1) is 13.3. The second-order valence-electron chi connectivity index (χ2n) is 7.21. The Balaban J connectivity index is 1.61. The minimum absolute atomic E-state index is 0.304. The third-order valence-corrected chi connectivity index (χ3v) is 5.63. The topological polar surface area (TPSA) is 77.4 Å². The number of nitrogens with one attached hydrogen (secondary N) is 2. The van der Waals surface area contributed by atoms with E-state index in [0.717, 1.165) is 34.7 Å². The van der Waals surface area contributed by atoms with Gasteiger partial charge >= 0.3 is 0 Å². The van der Waals surface area contributed by atoms with Crippen molar-refractivity contribution >= 4 is 11.5 Å². The zero-order valence-corrected chi connectivity index (χ0v) is 12.9. The number of pyridine rings is 1. The zero-order valence-electron chi connectivity index (χ0n) is 12.9. The molecule has 2 unspecified atom stereocenters. The highest BCUT2D eigenvalue weighted by Crippen LogP contribution is 2.54. The van der Waals surface area contributed by atoms with E-state index < -0.39 is 11.8 Å². The maximum Gasteiger partial charge on any atom is 0.157 e. The van der Waals surface area contributed by atoms with Crippen molar-refractivity contribution in [2.75, 3.05) is 17.2 Å². The van der Waals surface area contributed by atoms with Crippen molar-refractivity contribution in [2.45, 2.75) is 37.0 Å². The van der Waals surface area contributed by atoms with E-state index >= 15 is 0 Å². The molecule has 5 rings (SSSR count). The van der Waals surface area contributed by atoms with Crippen molar-refractivity contribution in [3.8, 4) is 11.1 Å². The summed E-state index contributed by atoms with van der Waals surface area (Å²) >= 11 is 0. The number of hydrogen-bond acceptors (Lipinski definition) is 5. The molecule has 5 heteroatoms. The lowest BCUT2D eigenvalue weighted by Gasteiger charge is -2.21. The lowest BCUT2D eigenvalue weighted by molar-refractivity contribution is -0.0424. The van der Waals surface area contributed by atoms with E-state index in [4.69, 9.17) is 0 Å². The maximum absolute atomic E-state index is 10.5. The Morgan fingerprint density at radius 2 is 1.96 bits per heavy atom. The van der Waals surface area contributed by atoms with E-state index in [2.05, 4.69) is 21.7 Å². The molecule has 1 aromatic heterocycles. The quantitative estimate of drug-likeness (QED) is 0.649. The molecule has 3 heterocycles. The van der Waals surface area contributed by atoms with Crippen LogP contribution in [0.1, 0.15) is 30.9 Å². The number of aliphatic hydroxyl groups is 2. The maximum atomic E-state index is 10.5. The number of benzene rings is 1. The summed E-state index contributed by atoms with van der Waals surface area (Å²) in [6.07, 6.45) is 3.35. The van der Waals surface area contributed by atoms with Gasteiger partial charge in [0.2, 0.25) is 0 Å². The van der Waals surface area contributed by atoms with Gasteiger partial charge in [0.25, 0.3) is 0 Å².